The Labute approximate surface area is 128 Å². The third-order valence-corrected chi connectivity index (χ3v) is 6.67. The molecule has 1 aromatic rings. The van der Waals surface area contributed by atoms with Crippen LogP contribution in [-0.2, 0) is 10.0 Å². The van der Waals surface area contributed by atoms with E-state index in [0.29, 0.717) is 11.6 Å². The maximum absolute atomic E-state index is 12.9. The van der Waals surface area contributed by atoms with Gasteiger partial charge in [0.1, 0.15) is 4.90 Å². The average Bonchev–Trinajstić information content (AvgIpc) is 2.41. The number of nitrogen functional groups attached to an aromatic ring is 1. The molecule has 5 heteroatoms. The van der Waals surface area contributed by atoms with Crippen LogP contribution in [0.15, 0.2) is 17.0 Å². The fourth-order valence-electron chi connectivity index (χ4n) is 3.12. The van der Waals surface area contributed by atoms with Gasteiger partial charge in [0, 0.05) is 13.1 Å². The molecule has 0 bridgehead atoms. The highest BCUT2D eigenvalue weighted by molar-refractivity contribution is 7.89. The van der Waals surface area contributed by atoms with Crippen LogP contribution in [0.25, 0.3) is 0 Å². The molecule has 2 unspecified atom stereocenters. The topological polar surface area (TPSA) is 63.4 Å². The first kappa shape index (κ1) is 16.3. The Balaban J connectivity index is 2.35. The number of anilines is 1. The molecule has 1 aliphatic rings. The van der Waals surface area contributed by atoms with Gasteiger partial charge in [0.05, 0.1) is 5.69 Å². The predicted octanol–water partition coefficient (Wildman–Crippen LogP) is 3.08. The van der Waals surface area contributed by atoms with Gasteiger partial charge in [-0.15, -0.1) is 0 Å². The molecule has 0 aliphatic heterocycles. The lowest BCUT2D eigenvalue weighted by molar-refractivity contribution is 0.239. The molecule has 2 atom stereocenters. The van der Waals surface area contributed by atoms with E-state index in [0.717, 1.165) is 30.4 Å². The smallest absolute Gasteiger partial charge is 0.245 e. The van der Waals surface area contributed by atoms with Crippen molar-refractivity contribution in [2.45, 2.75) is 57.4 Å². The van der Waals surface area contributed by atoms with Crippen LogP contribution < -0.4 is 5.73 Å². The van der Waals surface area contributed by atoms with Crippen LogP contribution >= 0.6 is 0 Å². The lowest BCUT2D eigenvalue weighted by atomic mass is 9.87. The van der Waals surface area contributed by atoms with Gasteiger partial charge < -0.3 is 5.73 Å². The van der Waals surface area contributed by atoms with Crippen molar-refractivity contribution in [3.05, 3.63) is 23.3 Å². The first-order chi connectivity index (χ1) is 9.73. The summed E-state index contributed by atoms with van der Waals surface area (Å²) >= 11 is 0. The molecule has 0 heterocycles. The zero-order chi connectivity index (χ0) is 15.8. The molecular weight excluding hydrogens is 284 g/mol. The van der Waals surface area contributed by atoms with Crippen molar-refractivity contribution in [2.24, 2.45) is 5.92 Å². The van der Waals surface area contributed by atoms with Gasteiger partial charge in [0.2, 0.25) is 10.0 Å². The normalized spacial score (nSPS) is 23.5. The van der Waals surface area contributed by atoms with Gasteiger partial charge in [-0.1, -0.05) is 19.8 Å². The average molecular weight is 310 g/mol. The fourth-order valence-corrected chi connectivity index (χ4v) is 4.70. The molecule has 21 heavy (non-hydrogen) atoms. The van der Waals surface area contributed by atoms with Crippen molar-refractivity contribution in [2.75, 3.05) is 12.8 Å². The van der Waals surface area contributed by atoms with Crippen molar-refractivity contribution in [1.82, 2.24) is 4.31 Å². The molecule has 4 nitrogen and oxygen atoms in total. The van der Waals surface area contributed by atoms with Gasteiger partial charge >= 0.3 is 0 Å². The molecule has 0 amide bonds. The van der Waals surface area contributed by atoms with Gasteiger partial charge in [0.25, 0.3) is 0 Å². The molecule has 0 spiro atoms. The molecule has 0 radical (unpaired) electrons. The summed E-state index contributed by atoms with van der Waals surface area (Å²) in [6, 6.07) is 3.53. The Morgan fingerprint density at radius 2 is 1.81 bits per heavy atom. The highest BCUT2D eigenvalue weighted by Gasteiger charge is 2.32. The molecule has 1 fully saturated rings. The van der Waals surface area contributed by atoms with Crippen LogP contribution in [0.1, 0.15) is 43.7 Å². The van der Waals surface area contributed by atoms with E-state index in [2.05, 4.69) is 6.92 Å². The molecule has 2 rings (SSSR count). The van der Waals surface area contributed by atoms with Crippen LogP contribution in [0.4, 0.5) is 5.69 Å². The maximum atomic E-state index is 12.9. The standard InChI is InChI=1S/C16H26N2O2S/c1-11-6-5-7-14(8-11)18(4)21(19,20)16-10-13(3)12(2)9-15(16)17/h9-11,14H,5-8,17H2,1-4H3. The number of benzene rings is 1. The number of nitrogens with two attached hydrogens (primary N) is 1. The van der Waals surface area contributed by atoms with E-state index in [-0.39, 0.29) is 10.9 Å². The number of hydrogen-bond acceptors (Lipinski definition) is 3. The Bertz CT molecular complexity index is 625. The molecule has 1 saturated carbocycles. The lowest BCUT2D eigenvalue weighted by Crippen LogP contribution is -2.40. The Hall–Kier alpha value is -1.07. The van der Waals surface area contributed by atoms with Crippen molar-refractivity contribution in [3.63, 3.8) is 0 Å². The monoisotopic (exact) mass is 310 g/mol. The predicted molar refractivity (Wildman–Crippen MR) is 86.7 cm³/mol. The zero-order valence-corrected chi connectivity index (χ0v) is 14.2. The molecular formula is C16H26N2O2S. The third-order valence-electron chi connectivity index (χ3n) is 4.71. The number of aryl methyl sites for hydroxylation is 2. The van der Waals surface area contributed by atoms with Gasteiger partial charge in [0.15, 0.2) is 0 Å². The van der Waals surface area contributed by atoms with Crippen molar-refractivity contribution in [3.8, 4) is 0 Å². The van der Waals surface area contributed by atoms with E-state index in [1.807, 2.05) is 13.8 Å². The fraction of sp³-hybridized carbons (Fsp3) is 0.625. The van der Waals surface area contributed by atoms with E-state index in [1.54, 1.807) is 19.2 Å². The van der Waals surface area contributed by atoms with Crippen LogP contribution in [0, 0.1) is 19.8 Å². The van der Waals surface area contributed by atoms with E-state index < -0.39 is 10.0 Å². The first-order valence-corrected chi connectivity index (χ1v) is 9.02. The van der Waals surface area contributed by atoms with Crippen LogP contribution in [0.5, 0.6) is 0 Å². The summed E-state index contributed by atoms with van der Waals surface area (Å²) in [5, 5.41) is 0. The minimum atomic E-state index is -3.52. The molecule has 0 aromatic heterocycles. The second-order valence-corrected chi connectivity index (χ2v) is 8.39. The summed E-state index contributed by atoms with van der Waals surface area (Å²) in [4.78, 5) is 0.242. The van der Waals surface area contributed by atoms with Crippen LogP contribution in [0.2, 0.25) is 0 Å². The Morgan fingerprint density at radius 1 is 1.19 bits per heavy atom. The van der Waals surface area contributed by atoms with Gasteiger partial charge in [-0.2, -0.15) is 4.31 Å². The van der Waals surface area contributed by atoms with Crippen LogP contribution in [0.3, 0.4) is 0 Å². The van der Waals surface area contributed by atoms with E-state index in [9.17, 15) is 8.42 Å². The van der Waals surface area contributed by atoms with Crippen molar-refractivity contribution < 1.29 is 8.42 Å². The van der Waals surface area contributed by atoms with E-state index in [4.69, 9.17) is 5.73 Å². The summed E-state index contributed by atoms with van der Waals surface area (Å²) in [6.07, 6.45) is 4.15. The van der Waals surface area contributed by atoms with Crippen LogP contribution in [-0.4, -0.2) is 25.8 Å². The third kappa shape index (κ3) is 3.24. The number of rotatable bonds is 3. The summed E-state index contributed by atoms with van der Waals surface area (Å²) < 4.78 is 27.3. The van der Waals surface area contributed by atoms with E-state index >= 15 is 0 Å². The highest BCUT2D eigenvalue weighted by atomic mass is 32.2. The van der Waals surface area contributed by atoms with Gasteiger partial charge in [-0.05, 0) is 55.9 Å². The Morgan fingerprint density at radius 3 is 2.43 bits per heavy atom. The summed E-state index contributed by atoms with van der Waals surface area (Å²) in [5.41, 5.74) is 8.27. The van der Waals surface area contributed by atoms with Crippen molar-refractivity contribution in [1.29, 1.82) is 0 Å². The Kier molecular flexibility index (Phi) is 4.63. The quantitative estimate of drug-likeness (QED) is 0.873. The van der Waals surface area contributed by atoms with Gasteiger partial charge in [-0.25, -0.2) is 8.42 Å². The van der Waals surface area contributed by atoms with Gasteiger partial charge in [-0.3, -0.25) is 0 Å². The molecule has 1 aromatic carbocycles. The lowest BCUT2D eigenvalue weighted by Gasteiger charge is -2.33. The number of nitrogens with zero attached hydrogens (tertiary/aromatic N) is 1. The molecule has 1 aliphatic carbocycles. The van der Waals surface area contributed by atoms with E-state index in [1.165, 1.54) is 10.7 Å². The summed E-state index contributed by atoms with van der Waals surface area (Å²) in [6.45, 7) is 6.04. The number of sulfonamides is 1. The minimum Gasteiger partial charge on any atom is -0.398 e. The zero-order valence-electron chi connectivity index (χ0n) is 13.4. The minimum absolute atomic E-state index is 0.0831. The highest BCUT2D eigenvalue weighted by Crippen LogP contribution is 2.32. The van der Waals surface area contributed by atoms with Crippen molar-refractivity contribution >= 4 is 15.7 Å². The number of hydrogen-bond donors (Lipinski definition) is 1. The molecule has 118 valence electrons. The molecule has 0 saturated heterocycles. The molecule has 2 N–H and O–H groups in total. The second-order valence-electron chi connectivity index (χ2n) is 6.42. The first-order valence-electron chi connectivity index (χ1n) is 7.58. The maximum Gasteiger partial charge on any atom is 0.245 e. The summed E-state index contributed by atoms with van der Waals surface area (Å²) in [5.74, 6) is 0.582. The largest absolute Gasteiger partial charge is 0.398 e. The second kappa shape index (κ2) is 5.97. The summed E-state index contributed by atoms with van der Waals surface area (Å²) in [7, 11) is -1.84. The SMILES string of the molecule is Cc1cc(N)c(S(=O)(=O)N(C)C2CCCC(C)C2)cc1C.